The fourth-order valence-electron chi connectivity index (χ4n) is 2.03. The number of carbonyl (C=O) groups is 1. The Morgan fingerprint density at radius 3 is 2.43 bits per heavy atom. The van der Waals surface area contributed by atoms with Crippen LogP contribution in [0.25, 0.3) is 0 Å². The number of carbonyl (C=O) groups excluding carboxylic acids is 1. The molecule has 6 nitrogen and oxygen atoms in total. The first-order valence-electron chi connectivity index (χ1n) is 7.31. The van der Waals surface area contributed by atoms with Gasteiger partial charge in [-0.2, -0.15) is 0 Å². The van der Waals surface area contributed by atoms with Crippen molar-refractivity contribution in [3.05, 3.63) is 0 Å². The second-order valence-corrected chi connectivity index (χ2v) is 11.7. The van der Waals surface area contributed by atoms with Crippen LogP contribution in [0, 0.1) is 0 Å². The van der Waals surface area contributed by atoms with Gasteiger partial charge in [0, 0.05) is 13.7 Å². The fourth-order valence-corrected chi connectivity index (χ4v) is 3.09. The number of amides is 1. The number of likely N-dealkylation sites (tertiary alicyclic amines) is 1. The van der Waals surface area contributed by atoms with Crippen molar-refractivity contribution >= 4 is 14.2 Å². The molecule has 124 valence electrons. The van der Waals surface area contributed by atoms with Gasteiger partial charge in [0.2, 0.25) is 0 Å². The number of β-lactam (4-membered cyclic amide) rings is 1. The van der Waals surface area contributed by atoms with Crippen LogP contribution in [0.2, 0.25) is 18.1 Å². The summed E-state index contributed by atoms with van der Waals surface area (Å²) in [6.45, 7) is 11.3. The molecule has 0 saturated carbocycles. The number of nitrogens with zero attached hydrogens (tertiary/aromatic N) is 1. The number of hydrogen-bond donors (Lipinski definition) is 1. The maximum Gasteiger partial charge on any atom is 0.256 e. The standard InChI is InChI=1S/C14H29NO5Si/c1-14(2,3)21(5,6)20-8-7-11-12(19-10-18-4)13(17)15(11)9-16/h11-12,16H,7-10H2,1-6H3/t11-,12+/m0/s1. The van der Waals surface area contributed by atoms with E-state index in [0.717, 1.165) is 0 Å². The topological polar surface area (TPSA) is 68.2 Å². The van der Waals surface area contributed by atoms with E-state index < -0.39 is 14.4 Å². The van der Waals surface area contributed by atoms with Crippen LogP contribution in [0.15, 0.2) is 0 Å². The lowest BCUT2D eigenvalue weighted by Gasteiger charge is -2.46. The van der Waals surface area contributed by atoms with Crippen molar-refractivity contribution in [3.63, 3.8) is 0 Å². The van der Waals surface area contributed by atoms with Gasteiger partial charge in [0.05, 0.1) is 6.04 Å². The minimum absolute atomic E-state index is 0.0786. The van der Waals surface area contributed by atoms with Crippen LogP contribution < -0.4 is 0 Å². The Balaban J connectivity index is 2.50. The van der Waals surface area contributed by atoms with Gasteiger partial charge in [-0.25, -0.2) is 0 Å². The Morgan fingerprint density at radius 1 is 1.33 bits per heavy atom. The third-order valence-electron chi connectivity index (χ3n) is 4.48. The minimum Gasteiger partial charge on any atom is -0.417 e. The summed E-state index contributed by atoms with van der Waals surface area (Å²) in [5, 5.41) is 9.40. The zero-order valence-corrected chi connectivity index (χ0v) is 15.0. The minimum atomic E-state index is -1.79. The average Bonchev–Trinajstić information content (AvgIpc) is 2.37. The summed E-state index contributed by atoms with van der Waals surface area (Å²) in [5.41, 5.74) is 0. The van der Waals surface area contributed by atoms with Gasteiger partial charge in [-0.15, -0.1) is 0 Å². The molecule has 0 aromatic carbocycles. The largest absolute Gasteiger partial charge is 0.417 e. The van der Waals surface area contributed by atoms with Gasteiger partial charge in [0.25, 0.3) is 5.91 Å². The normalized spacial score (nSPS) is 23.4. The fraction of sp³-hybridized carbons (Fsp3) is 0.929. The first kappa shape index (κ1) is 18.6. The molecule has 1 N–H and O–H groups in total. The Labute approximate surface area is 128 Å². The molecule has 0 aliphatic carbocycles. The second kappa shape index (κ2) is 7.19. The van der Waals surface area contributed by atoms with Gasteiger partial charge in [-0.3, -0.25) is 4.79 Å². The van der Waals surface area contributed by atoms with E-state index in [1.165, 1.54) is 12.0 Å². The Kier molecular flexibility index (Phi) is 6.36. The summed E-state index contributed by atoms with van der Waals surface area (Å²) in [6.07, 6.45) is 0.132. The molecule has 1 aliphatic rings. The maximum atomic E-state index is 11.8. The first-order chi connectivity index (χ1) is 9.65. The highest BCUT2D eigenvalue weighted by Gasteiger charge is 2.48. The molecule has 1 saturated heterocycles. The SMILES string of the molecule is COCO[C@H]1C(=O)N(CO)[C@H]1CCO[Si](C)(C)C(C)(C)C. The zero-order valence-electron chi connectivity index (χ0n) is 14.0. The van der Waals surface area contributed by atoms with Crippen LogP contribution in [-0.4, -0.2) is 63.6 Å². The smallest absolute Gasteiger partial charge is 0.256 e. The van der Waals surface area contributed by atoms with Crippen molar-refractivity contribution in [1.82, 2.24) is 4.90 Å². The number of rotatable bonds is 8. The lowest BCUT2D eigenvalue weighted by molar-refractivity contribution is -0.196. The Morgan fingerprint density at radius 2 is 1.95 bits per heavy atom. The lowest BCUT2D eigenvalue weighted by atomic mass is 9.96. The number of hydrogen-bond acceptors (Lipinski definition) is 5. The first-order valence-corrected chi connectivity index (χ1v) is 10.2. The van der Waals surface area contributed by atoms with E-state index in [1.54, 1.807) is 0 Å². The molecule has 1 fully saturated rings. The molecule has 0 bridgehead atoms. The summed E-state index contributed by atoms with van der Waals surface area (Å²) < 4.78 is 16.3. The van der Waals surface area contributed by atoms with Gasteiger partial charge >= 0.3 is 0 Å². The third kappa shape index (κ3) is 4.26. The number of aliphatic hydroxyl groups is 1. The molecule has 1 amide bonds. The molecule has 0 unspecified atom stereocenters. The van der Waals surface area contributed by atoms with Gasteiger partial charge in [0.15, 0.2) is 14.4 Å². The number of aliphatic hydroxyl groups excluding tert-OH is 1. The van der Waals surface area contributed by atoms with Gasteiger partial charge in [0.1, 0.15) is 13.5 Å². The van der Waals surface area contributed by atoms with Gasteiger partial charge in [-0.1, -0.05) is 20.8 Å². The maximum absolute atomic E-state index is 11.8. The summed E-state index contributed by atoms with van der Waals surface area (Å²) in [5.74, 6) is -0.188. The highest BCUT2D eigenvalue weighted by Crippen LogP contribution is 2.37. The third-order valence-corrected chi connectivity index (χ3v) is 9.01. The molecule has 0 aromatic heterocycles. The van der Waals surface area contributed by atoms with E-state index in [0.29, 0.717) is 13.0 Å². The molecule has 0 radical (unpaired) electrons. The number of methoxy groups -OCH3 is 1. The molecule has 21 heavy (non-hydrogen) atoms. The molecular formula is C14H29NO5Si. The predicted molar refractivity (Wildman–Crippen MR) is 82.2 cm³/mol. The summed E-state index contributed by atoms with van der Waals surface area (Å²) in [7, 11) is -0.272. The van der Waals surface area contributed by atoms with Crippen molar-refractivity contribution < 1.29 is 23.8 Å². The van der Waals surface area contributed by atoms with Crippen molar-refractivity contribution in [3.8, 4) is 0 Å². The molecule has 0 aromatic rings. The predicted octanol–water partition coefficient (Wildman–Crippen LogP) is 1.55. The van der Waals surface area contributed by atoms with Crippen LogP contribution in [0.1, 0.15) is 27.2 Å². The Hall–Kier alpha value is -0.473. The summed E-state index contributed by atoms with van der Waals surface area (Å²) >= 11 is 0. The molecule has 0 spiro atoms. The van der Waals surface area contributed by atoms with Crippen molar-refractivity contribution in [1.29, 1.82) is 0 Å². The van der Waals surface area contributed by atoms with Crippen molar-refractivity contribution in [2.75, 3.05) is 27.2 Å². The second-order valence-electron chi connectivity index (χ2n) is 6.91. The zero-order chi connectivity index (χ0) is 16.3. The molecule has 7 heteroatoms. The van der Waals surface area contributed by atoms with Crippen LogP contribution in [0.5, 0.6) is 0 Å². The van der Waals surface area contributed by atoms with Gasteiger partial charge < -0.3 is 23.9 Å². The van der Waals surface area contributed by atoms with E-state index in [9.17, 15) is 9.90 Å². The summed E-state index contributed by atoms with van der Waals surface area (Å²) in [6, 6.07) is -0.137. The van der Waals surface area contributed by atoms with Gasteiger partial charge in [-0.05, 0) is 24.6 Å². The highest BCUT2D eigenvalue weighted by molar-refractivity contribution is 6.74. The molecule has 1 heterocycles. The molecular weight excluding hydrogens is 290 g/mol. The monoisotopic (exact) mass is 319 g/mol. The Bertz CT molecular complexity index is 356. The van der Waals surface area contributed by atoms with E-state index in [4.69, 9.17) is 13.9 Å². The van der Waals surface area contributed by atoms with Crippen LogP contribution in [0.4, 0.5) is 0 Å². The van der Waals surface area contributed by atoms with E-state index in [2.05, 4.69) is 33.9 Å². The van der Waals surface area contributed by atoms with E-state index in [1.807, 2.05) is 0 Å². The summed E-state index contributed by atoms with van der Waals surface area (Å²) in [4.78, 5) is 13.2. The highest BCUT2D eigenvalue weighted by atomic mass is 28.4. The quantitative estimate of drug-likeness (QED) is 0.418. The van der Waals surface area contributed by atoms with Crippen molar-refractivity contribution in [2.24, 2.45) is 0 Å². The lowest BCUT2D eigenvalue weighted by Crippen LogP contribution is -2.66. The van der Waals surface area contributed by atoms with Crippen LogP contribution >= 0.6 is 0 Å². The van der Waals surface area contributed by atoms with E-state index >= 15 is 0 Å². The molecule has 2 atom stereocenters. The van der Waals surface area contributed by atoms with Crippen LogP contribution in [0.3, 0.4) is 0 Å². The van der Waals surface area contributed by atoms with Crippen molar-refractivity contribution in [2.45, 2.75) is 57.5 Å². The number of ether oxygens (including phenoxy) is 2. The average molecular weight is 319 g/mol. The molecule has 1 rings (SSSR count). The van der Waals surface area contributed by atoms with Crippen LogP contribution in [-0.2, 0) is 18.7 Å². The molecule has 1 aliphatic heterocycles. The van der Waals surface area contributed by atoms with E-state index in [-0.39, 0.29) is 30.5 Å².